The van der Waals surface area contributed by atoms with Crippen molar-refractivity contribution in [1.29, 1.82) is 0 Å². The second-order valence-corrected chi connectivity index (χ2v) is 1.29. The summed E-state index contributed by atoms with van der Waals surface area (Å²) in [4.78, 5) is 9.73. The van der Waals surface area contributed by atoms with Crippen LogP contribution >= 0.6 is 0 Å². The Bertz CT molecular complexity index is 75.4. The summed E-state index contributed by atoms with van der Waals surface area (Å²) in [6.07, 6.45) is 0. The number of nitrogens with one attached hydrogen (secondary N) is 1. The first kappa shape index (κ1) is 12.1. The predicted octanol–water partition coefficient (Wildman–Crippen LogP) is -0.321. The highest BCUT2D eigenvalue weighted by Crippen LogP contribution is 1.58. The molecule has 0 radical (unpaired) electrons. The van der Waals surface area contributed by atoms with Crippen molar-refractivity contribution in [1.82, 2.24) is 5.32 Å². The molecule has 4 nitrogen and oxygen atoms in total. The maximum atomic E-state index is 9.73. The summed E-state index contributed by atoms with van der Waals surface area (Å²) in [5, 5.41) is 18.6. The summed E-state index contributed by atoms with van der Waals surface area (Å²) < 4.78 is 0. The minimum atomic E-state index is -0.904. The summed E-state index contributed by atoms with van der Waals surface area (Å²) in [6, 6.07) is 0. The Kier molecular flexibility index (Phi) is 13.6. The molecule has 10 heavy (non-hydrogen) atoms. The van der Waals surface area contributed by atoms with E-state index in [1.165, 1.54) is 0 Å². The predicted molar refractivity (Wildman–Crippen MR) is 38.9 cm³/mol. The van der Waals surface area contributed by atoms with Crippen molar-refractivity contribution in [3.63, 3.8) is 0 Å². The number of rotatable bonds is 4. The number of aliphatic hydroxyl groups excluding tert-OH is 1. The van der Waals surface area contributed by atoms with Crippen molar-refractivity contribution in [2.24, 2.45) is 0 Å². The number of hydrogen-bond acceptors (Lipinski definition) is 3. The Hall–Kier alpha value is -0.610. The molecule has 0 aromatic heterocycles. The van der Waals surface area contributed by atoms with Gasteiger partial charge in [-0.25, -0.2) is 0 Å². The van der Waals surface area contributed by atoms with Crippen LogP contribution in [0.3, 0.4) is 0 Å². The lowest BCUT2D eigenvalue weighted by Crippen LogP contribution is -2.25. The zero-order valence-electron chi connectivity index (χ0n) is 6.42. The first-order valence-electron chi connectivity index (χ1n) is 3.30. The standard InChI is InChI=1S/C4H9NO3.C2H6/c6-2-1-5-3-4(7)8;1-2/h5-6H,1-3H2,(H,7,8);1-2H3. The van der Waals surface area contributed by atoms with Crippen molar-refractivity contribution < 1.29 is 15.0 Å². The molecule has 0 atom stereocenters. The van der Waals surface area contributed by atoms with E-state index in [9.17, 15) is 4.79 Å². The lowest BCUT2D eigenvalue weighted by molar-refractivity contribution is -0.135. The third-order valence-corrected chi connectivity index (χ3v) is 0.565. The Balaban J connectivity index is 0. The van der Waals surface area contributed by atoms with E-state index in [0.717, 1.165) is 0 Å². The molecule has 0 saturated carbocycles. The molecule has 0 aromatic carbocycles. The Morgan fingerprint density at radius 3 is 2.30 bits per heavy atom. The van der Waals surface area contributed by atoms with Crippen molar-refractivity contribution in [3.05, 3.63) is 0 Å². The second kappa shape index (κ2) is 11.2. The van der Waals surface area contributed by atoms with E-state index in [-0.39, 0.29) is 13.2 Å². The first-order valence-corrected chi connectivity index (χ1v) is 3.30. The highest BCUT2D eigenvalue weighted by Gasteiger charge is 1.91. The fraction of sp³-hybridized carbons (Fsp3) is 0.833. The highest BCUT2D eigenvalue weighted by molar-refractivity contribution is 5.68. The van der Waals surface area contributed by atoms with Crippen LogP contribution in [-0.4, -0.2) is 35.9 Å². The van der Waals surface area contributed by atoms with E-state index in [1.54, 1.807) is 0 Å². The Morgan fingerprint density at radius 2 is 2.00 bits per heavy atom. The molecule has 0 spiro atoms. The molecule has 0 aliphatic rings. The van der Waals surface area contributed by atoms with E-state index >= 15 is 0 Å². The van der Waals surface area contributed by atoms with Crippen LogP contribution in [0.5, 0.6) is 0 Å². The van der Waals surface area contributed by atoms with E-state index < -0.39 is 5.97 Å². The highest BCUT2D eigenvalue weighted by atomic mass is 16.4. The van der Waals surface area contributed by atoms with Gasteiger partial charge in [-0.15, -0.1) is 0 Å². The van der Waals surface area contributed by atoms with E-state index in [1.807, 2.05) is 13.8 Å². The van der Waals surface area contributed by atoms with Gasteiger partial charge in [-0.05, 0) is 0 Å². The van der Waals surface area contributed by atoms with Crippen LogP contribution in [-0.2, 0) is 4.79 Å². The number of aliphatic hydroxyl groups is 1. The fourth-order valence-corrected chi connectivity index (χ4v) is 0.274. The normalized spacial score (nSPS) is 7.90. The van der Waals surface area contributed by atoms with Crippen molar-refractivity contribution in [2.75, 3.05) is 19.7 Å². The lowest BCUT2D eigenvalue weighted by atomic mass is 10.6. The third kappa shape index (κ3) is 15.7. The molecule has 0 aliphatic heterocycles. The smallest absolute Gasteiger partial charge is 0.317 e. The van der Waals surface area contributed by atoms with Gasteiger partial charge in [0, 0.05) is 6.54 Å². The van der Waals surface area contributed by atoms with Gasteiger partial charge < -0.3 is 15.5 Å². The summed E-state index contributed by atoms with van der Waals surface area (Å²) in [6.45, 7) is 4.24. The monoisotopic (exact) mass is 149 g/mol. The van der Waals surface area contributed by atoms with Crippen LogP contribution in [0.25, 0.3) is 0 Å². The van der Waals surface area contributed by atoms with Crippen molar-refractivity contribution in [2.45, 2.75) is 13.8 Å². The van der Waals surface area contributed by atoms with Crippen molar-refractivity contribution >= 4 is 5.97 Å². The molecule has 0 aromatic rings. The largest absolute Gasteiger partial charge is 0.480 e. The van der Waals surface area contributed by atoms with Gasteiger partial charge in [-0.1, -0.05) is 13.8 Å². The zero-order valence-corrected chi connectivity index (χ0v) is 6.42. The minimum Gasteiger partial charge on any atom is -0.480 e. The Morgan fingerprint density at radius 1 is 1.50 bits per heavy atom. The number of carbonyl (C=O) groups is 1. The second-order valence-electron chi connectivity index (χ2n) is 1.29. The average Bonchev–Trinajstić information content (AvgIpc) is 1.92. The van der Waals surface area contributed by atoms with Gasteiger partial charge in [-0.3, -0.25) is 4.79 Å². The molecule has 0 amide bonds. The van der Waals surface area contributed by atoms with Crippen LogP contribution in [0.4, 0.5) is 0 Å². The van der Waals surface area contributed by atoms with Gasteiger partial charge in [-0.2, -0.15) is 0 Å². The van der Waals surface area contributed by atoms with Crippen LogP contribution < -0.4 is 5.32 Å². The molecule has 0 aliphatic carbocycles. The fourth-order valence-electron chi connectivity index (χ4n) is 0.274. The molecule has 0 fully saturated rings. The van der Waals surface area contributed by atoms with Gasteiger partial charge in [0.1, 0.15) is 0 Å². The van der Waals surface area contributed by atoms with Gasteiger partial charge in [0.05, 0.1) is 13.2 Å². The molecule has 0 bridgehead atoms. The summed E-state index contributed by atoms with van der Waals surface area (Å²) >= 11 is 0. The minimum absolute atomic E-state index is 0.0206. The van der Waals surface area contributed by atoms with Crippen LogP contribution in [0.1, 0.15) is 13.8 Å². The summed E-state index contributed by atoms with van der Waals surface area (Å²) in [5.74, 6) is -0.904. The average molecular weight is 149 g/mol. The summed E-state index contributed by atoms with van der Waals surface area (Å²) in [7, 11) is 0. The van der Waals surface area contributed by atoms with Gasteiger partial charge in [0.15, 0.2) is 0 Å². The maximum Gasteiger partial charge on any atom is 0.317 e. The molecule has 0 rings (SSSR count). The van der Waals surface area contributed by atoms with Crippen molar-refractivity contribution in [3.8, 4) is 0 Å². The van der Waals surface area contributed by atoms with Crippen LogP contribution in [0, 0.1) is 0 Å². The van der Waals surface area contributed by atoms with Gasteiger partial charge in [0.2, 0.25) is 0 Å². The maximum absolute atomic E-state index is 9.73. The number of carboxylic acid groups (broad SMARTS) is 1. The molecule has 62 valence electrons. The zero-order chi connectivity index (χ0) is 8.41. The van der Waals surface area contributed by atoms with E-state index in [2.05, 4.69) is 5.32 Å². The van der Waals surface area contributed by atoms with E-state index in [4.69, 9.17) is 10.2 Å². The topological polar surface area (TPSA) is 69.6 Å². The summed E-state index contributed by atoms with van der Waals surface area (Å²) in [5.41, 5.74) is 0. The molecule has 0 saturated heterocycles. The third-order valence-electron chi connectivity index (χ3n) is 0.565. The Labute approximate surface area is 60.9 Å². The SMILES string of the molecule is CC.O=C(O)CNCCO. The molecule has 0 unspecified atom stereocenters. The van der Waals surface area contributed by atoms with E-state index in [0.29, 0.717) is 6.54 Å². The van der Waals surface area contributed by atoms with Crippen LogP contribution in [0.2, 0.25) is 0 Å². The quantitative estimate of drug-likeness (QED) is 0.479. The number of hydrogen-bond donors (Lipinski definition) is 3. The van der Waals surface area contributed by atoms with Gasteiger partial charge >= 0.3 is 5.97 Å². The molecule has 3 N–H and O–H groups in total. The number of carboxylic acids is 1. The van der Waals surface area contributed by atoms with Crippen LogP contribution in [0.15, 0.2) is 0 Å². The lowest BCUT2D eigenvalue weighted by Gasteiger charge is -1.93. The molecule has 0 heterocycles. The molecular weight excluding hydrogens is 134 g/mol. The van der Waals surface area contributed by atoms with Gasteiger partial charge in [0.25, 0.3) is 0 Å². The molecule has 4 heteroatoms. The first-order chi connectivity index (χ1) is 4.77. The number of aliphatic carboxylic acids is 1. The molecular formula is C6H15NO3.